The van der Waals surface area contributed by atoms with Crippen LogP contribution in [-0.4, -0.2) is 0 Å². The molecule has 4 rings (SSSR count). The van der Waals surface area contributed by atoms with Crippen molar-refractivity contribution in [3.05, 3.63) is 121 Å². The molecule has 2 heteroatoms. The van der Waals surface area contributed by atoms with E-state index in [0.717, 1.165) is 42.2 Å². The first-order chi connectivity index (χ1) is 15.6. The lowest BCUT2D eigenvalue weighted by atomic mass is 9.95. The van der Waals surface area contributed by atoms with E-state index in [-0.39, 0.29) is 11.6 Å². The van der Waals surface area contributed by atoms with E-state index in [4.69, 9.17) is 0 Å². The van der Waals surface area contributed by atoms with E-state index in [1.54, 1.807) is 18.2 Å². The maximum atomic E-state index is 15.3. The molecule has 4 aromatic rings. The molecule has 0 atom stereocenters. The van der Waals surface area contributed by atoms with Gasteiger partial charge in [-0.3, -0.25) is 0 Å². The highest BCUT2D eigenvalue weighted by Crippen LogP contribution is 2.33. The Hall–Kier alpha value is -3.52. The Kier molecular flexibility index (Phi) is 6.61. The van der Waals surface area contributed by atoms with Crippen LogP contribution in [0, 0.1) is 11.6 Å². The summed E-state index contributed by atoms with van der Waals surface area (Å²) in [5.41, 5.74) is 4.59. The van der Waals surface area contributed by atoms with Crippen LogP contribution in [0.4, 0.5) is 8.78 Å². The van der Waals surface area contributed by atoms with Crippen LogP contribution in [0.1, 0.15) is 24.0 Å². The van der Waals surface area contributed by atoms with Crippen molar-refractivity contribution in [3.8, 4) is 22.3 Å². The number of fused-ring (bicyclic) bond motifs is 1. The zero-order chi connectivity index (χ0) is 22.5. The van der Waals surface area contributed by atoms with Crippen LogP contribution in [0.3, 0.4) is 0 Å². The Morgan fingerprint density at radius 2 is 1.25 bits per heavy atom. The lowest BCUT2D eigenvalue weighted by Gasteiger charge is -2.11. The van der Waals surface area contributed by atoms with Crippen molar-refractivity contribution in [1.82, 2.24) is 0 Å². The molecule has 0 radical (unpaired) electrons. The molecule has 0 heterocycles. The van der Waals surface area contributed by atoms with E-state index in [1.807, 2.05) is 60.7 Å². The standard InChI is InChI=1S/C30H26F2/c1-3-5-7-21-9-12-23(13-10-21)26-17-14-25(20-29(26)31)28-18-15-24-19-22(8-6-4-2)11-16-27(24)30(28)32/h3-4,9-20H,1-2,5-8H2. The van der Waals surface area contributed by atoms with Crippen LogP contribution in [0.15, 0.2) is 98.1 Å². The van der Waals surface area contributed by atoms with Gasteiger partial charge in [-0.1, -0.05) is 78.9 Å². The predicted octanol–water partition coefficient (Wildman–Crippen LogP) is 8.69. The second-order valence-corrected chi connectivity index (χ2v) is 8.03. The van der Waals surface area contributed by atoms with Crippen molar-refractivity contribution < 1.29 is 8.78 Å². The second-order valence-electron chi connectivity index (χ2n) is 8.03. The molecule has 0 unspecified atom stereocenters. The Bertz CT molecular complexity index is 1270. The average molecular weight is 425 g/mol. The molecule has 32 heavy (non-hydrogen) atoms. The monoisotopic (exact) mass is 424 g/mol. The number of halogens is 2. The summed E-state index contributed by atoms with van der Waals surface area (Å²) in [6, 6.07) is 22.2. The summed E-state index contributed by atoms with van der Waals surface area (Å²) in [7, 11) is 0. The van der Waals surface area contributed by atoms with Gasteiger partial charge < -0.3 is 0 Å². The largest absolute Gasteiger partial charge is 0.206 e. The van der Waals surface area contributed by atoms with E-state index in [2.05, 4.69) is 13.2 Å². The summed E-state index contributed by atoms with van der Waals surface area (Å²) >= 11 is 0. The summed E-state index contributed by atoms with van der Waals surface area (Å²) in [5, 5.41) is 1.39. The van der Waals surface area contributed by atoms with Gasteiger partial charge in [0.2, 0.25) is 0 Å². The van der Waals surface area contributed by atoms with Gasteiger partial charge in [0.25, 0.3) is 0 Å². The first kappa shape index (κ1) is 21.7. The third-order valence-electron chi connectivity index (χ3n) is 5.84. The molecule has 0 nitrogen and oxygen atoms in total. The number of benzene rings is 4. The fourth-order valence-electron chi connectivity index (χ4n) is 4.02. The highest BCUT2D eigenvalue weighted by atomic mass is 19.1. The fraction of sp³-hybridized carbons (Fsp3) is 0.133. The SMILES string of the molecule is C=CCCc1ccc(-c2ccc(-c3ccc4cc(CCC=C)ccc4c3F)cc2F)cc1. The first-order valence-electron chi connectivity index (χ1n) is 10.9. The quantitative estimate of drug-likeness (QED) is 0.248. The molecule has 0 aliphatic rings. The van der Waals surface area contributed by atoms with Gasteiger partial charge in [-0.05, 0) is 59.4 Å². The predicted molar refractivity (Wildman–Crippen MR) is 132 cm³/mol. The van der Waals surface area contributed by atoms with E-state index in [1.165, 1.54) is 11.6 Å². The van der Waals surface area contributed by atoms with Crippen LogP contribution in [0.5, 0.6) is 0 Å². The second kappa shape index (κ2) is 9.74. The van der Waals surface area contributed by atoms with Crippen LogP contribution in [-0.2, 0) is 12.8 Å². The topological polar surface area (TPSA) is 0 Å². The van der Waals surface area contributed by atoms with Crippen molar-refractivity contribution in [1.29, 1.82) is 0 Å². The van der Waals surface area contributed by atoms with Gasteiger partial charge in [0, 0.05) is 16.5 Å². The molecular formula is C30H26F2. The molecule has 0 N–H and O–H groups in total. The van der Waals surface area contributed by atoms with Crippen LogP contribution >= 0.6 is 0 Å². The fourth-order valence-corrected chi connectivity index (χ4v) is 4.02. The third kappa shape index (κ3) is 4.55. The maximum Gasteiger partial charge on any atom is 0.138 e. The van der Waals surface area contributed by atoms with Crippen molar-refractivity contribution in [2.45, 2.75) is 25.7 Å². The van der Waals surface area contributed by atoms with Gasteiger partial charge in [-0.25, -0.2) is 8.78 Å². The summed E-state index contributed by atoms with van der Waals surface area (Å²) in [6.07, 6.45) is 7.36. The average Bonchev–Trinajstić information content (AvgIpc) is 2.82. The number of hydrogen-bond acceptors (Lipinski definition) is 0. The van der Waals surface area contributed by atoms with Crippen molar-refractivity contribution >= 4 is 10.8 Å². The number of rotatable bonds is 8. The Morgan fingerprint density at radius 3 is 1.94 bits per heavy atom. The first-order valence-corrected chi connectivity index (χ1v) is 10.9. The molecule has 160 valence electrons. The lowest BCUT2D eigenvalue weighted by molar-refractivity contribution is 0.630. The van der Waals surface area contributed by atoms with E-state index in [0.29, 0.717) is 22.1 Å². The summed E-state index contributed by atoms with van der Waals surface area (Å²) < 4.78 is 30.3. The van der Waals surface area contributed by atoms with Crippen molar-refractivity contribution in [3.63, 3.8) is 0 Å². The smallest absolute Gasteiger partial charge is 0.138 e. The van der Waals surface area contributed by atoms with E-state index < -0.39 is 0 Å². The Morgan fingerprint density at radius 1 is 0.625 bits per heavy atom. The molecule has 0 bridgehead atoms. The Labute approximate surface area is 188 Å². The lowest BCUT2D eigenvalue weighted by Crippen LogP contribution is -1.92. The minimum atomic E-state index is -0.361. The molecule has 0 spiro atoms. The molecule has 0 aromatic heterocycles. The Balaban J connectivity index is 1.64. The van der Waals surface area contributed by atoms with Gasteiger partial charge in [0.15, 0.2) is 0 Å². The van der Waals surface area contributed by atoms with E-state index in [9.17, 15) is 4.39 Å². The highest BCUT2D eigenvalue weighted by molar-refractivity contribution is 5.89. The molecular weight excluding hydrogens is 398 g/mol. The molecule has 0 saturated carbocycles. The van der Waals surface area contributed by atoms with Gasteiger partial charge in [-0.15, -0.1) is 13.2 Å². The molecule has 0 aliphatic heterocycles. The van der Waals surface area contributed by atoms with Gasteiger partial charge in [0.05, 0.1) is 0 Å². The van der Waals surface area contributed by atoms with Gasteiger partial charge in [-0.2, -0.15) is 0 Å². The van der Waals surface area contributed by atoms with Crippen LogP contribution < -0.4 is 0 Å². The number of aryl methyl sites for hydroxylation is 2. The summed E-state index contributed by atoms with van der Waals surface area (Å²) in [5.74, 6) is -0.683. The van der Waals surface area contributed by atoms with Crippen LogP contribution in [0.25, 0.3) is 33.0 Å². The molecule has 0 amide bonds. The molecule has 4 aromatic carbocycles. The van der Waals surface area contributed by atoms with Crippen molar-refractivity contribution in [2.75, 3.05) is 0 Å². The zero-order valence-electron chi connectivity index (χ0n) is 18.1. The van der Waals surface area contributed by atoms with E-state index >= 15 is 4.39 Å². The number of allylic oxidation sites excluding steroid dienone is 2. The van der Waals surface area contributed by atoms with Gasteiger partial charge >= 0.3 is 0 Å². The minimum absolute atomic E-state index is 0.323. The molecule has 0 aliphatic carbocycles. The summed E-state index contributed by atoms with van der Waals surface area (Å²) in [6.45, 7) is 7.49. The molecule has 0 fully saturated rings. The zero-order valence-corrected chi connectivity index (χ0v) is 18.1. The number of hydrogen-bond donors (Lipinski definition) is 0. The molecule has 0 saturated heterocycles. The third-order valence-corrected chi connectivity index (χ3v) is 5.84. The van der Waals surface area contributed by atoms with Crippen LogP contribution in [0.2, 0.25) is 0 Å². The van der Waals surface area contributed by atoms with Gasteiger partial charge in [0.1, 0.15) is 11.6 Å². The van der Waals surface area contributed by atoms with Crippen molar-refractivity contribution in [2.24, 2.45) is 0 Å². The minimum Gasteiger partial charge on any atom is -0.206 e. The highest BCUT2D eigenvalue weighted by Gasteiger charge is 2.13. The maximum absolute atomic E-state index is 15.3. The normalized spacial score (nSPS) is 10.9. The summed E-state index contributed by atoms with van der Waals surface area (Å²) in [4.78, 5) is 0.